The molecule has 2 N–H and O–H groups in total. The van der Waals surface area contributed by atoms with E-state index in [0.29, 0.717) is 17.7 Å². The van der Waals surface area contributed by atoms with E-state index in [-0.39, 0.29) is 24.2 Å². The zero-order valence-corrected chi connectivity index (χ0v) is 13.7. The Bertz CT molecular complexity index is 896. The Morgan fingerprint density at radius 1 is 1.48 bits per heavy atom. The minimum atomic E-state index is -0.302. The van der Waals surface area contributed by atoms with E-state index >= 15 is 0 Å². The average Bonchev–Trinajstić information content (AvgIpc) is 3.31. The third kappa shape index (κ3) is 3.56. The van der Waals surface area contributed by atoms with Gasteiger partial charge in [0.15, 0.2) is 0 Å². The van der Waals surface area contributed by atoms with Gasteiger partial charge in [-0.15, -0.1) is 0 Å². The highest BCUT2D eigenvalue weighted by molar-refractivity contribution is 5.95. The number of fused-ring (bicyclic) bond motifs is 1. The lowest BCUT2D eigenvalue weighted by Gasteiger charge is -2.08. The molecule has 130 valence electrons. The van der Waals surface area contributed by atoms with Crippen molar-refractivity contribution in [3.05, 3.63) is 48.2 Å². The number of nitrogens with zero attached hydrogens (tertiary/aromatic N) is 2. The molecule has 1 atom stereocenters. The van der Waals surface area contributed by atoms with E-state index < -0.39 is 0 Å². The first-order valence-electron chi connectivity index (χ1n) is 8.37. The zero-order chi connectivity index (χ0) is 17.2. The first-order chi connectivity index (χ1) is 12.2. The van der Waals surface area contributed by atoms with Crippen molar-refractivity contribution in [3.63, 3.8) is 0 Å². The van der Waals surface area contributed by atoms with Crippen molar-refractivity contribution in [1.29, 1.82) is 0 Å². The second kappa shape index (κ2) is 6.68. The summed E-state index contributed by atoms with van der Waals surface area (Å²) in [6, 6.07) is 4.50. The number of amides is 1. The Labute approximate surface area is 144 Å². The molecule has 3 aromatic rings. The maximum atomic E-state index is 13.2. The second-order valence-corrected chi connectivity index (χ2v) is 6.31. The third-order valence-corrected chi connectivity index (χ3v) is 4.41. The van der Waals surface area contributed by atoms with E-state index in [4.69, 9.17) is 4.74 Å². The van der Waals surface area contributed by atoms with Crippen LogP contribution in [0.2, 0.25) is 0 Å². The highest BCUT2D eigenvalue weighted by Gasteiger charge is 2.17. The van der Waals surface area contributed by atoms with E-state index in [1.54, 1.807) is 23.1 Å². The van der Waals surface area contributed by atoms with Gasteiger partial charge in [-0.2, -0.15) is 5.10 Å². The molecule has 25 heavy (non-hydrogen) atoms. The summed E-state index contributed by atoms with van der Waals surface area (Å²) in [4.78, 5) is 15.3. The monoisotopic (exact) mass is 342 g/mol. The fourth-order valence-corrected chi connectivity index (χ4v) is 3.21. The van der Waals surface area contributed by atoms with Crippen molar-refractivity contribution in [2.24, 2.45) is 0 Å². The topological polar surface area (TPSA) is 71.9 Å². The summed E-state index contributed by atoms with van der Waals surface area (Å²) in [6.45, 7) is 1.51. The number of nitrogens with one attached hydrogen (secondary N) is 2. The number of ether oxygens (including phenoxy) is 1. The van der Waals surface area contributed by atoms with Crippen LogP contribution in [0.25, 0.3) is 10.9 Å². The van der Waals surface area contributed by atoms with E-state index in [1.165, 1.54) is 12.1 Å². The minimum Gasteiger partial charge on any atom is -0.376 e. The lowest BCUT2D eigenvalue weighted by atomic mass is 10.1. The summed E-state index contributed by atoms with van der Waals surface area (Å²) in [6.07, 6.45) is 7.73. The molecule has 4 rings (SSSR count). The standard InChI is InChI=1S/C18H19FN4O2/c19-13-3-4-16-12(8-20-17(16)7-13)6-18(24)22-14-9-21-23(10-14)11-15-2-1-5-25-15/h3-4,7-10,15,20H,1-2,5-6,11H2,(H,22,24)/t15-/m0/s1. The van der Waals surface area contributed by atoms with Crippen LogP contribution in [-0.2, 0) is 22.5 Å². The second-order valence-electron chi connectivity index (χ2n) is 6.31. The van der Waals surface area contributed by atoms with Gasteiger partial charge in [-0.3, -0.25) is 9.48 Å². The van der Waals surface area contributed by atoms with Crippen molar-refractivity contribution in [2.45, 2.75) is 31.9 Å². The van der Waals surface area contributed by atoms with E-state index in [9.17, 15) is 9.18 Å². The number of rotatable bonds is 5. The normalized spacial score (nSPS) is 17.2. The molecule has 1 aliphatic heterocycles. The Kier molecular flexibility index (Phi) is 4.23. The highest BCUT2D eigenvalue weighted by Crippen LogP contribution is 2.20. The van der Waals surface area contributed by atoms with Crippen molar-refractivity contribution >= 4 is 22.5 Å². The first kappa shape index (κ1) is 15.8. The van der Waals surface area contributed by atoms with Crippen LogP contribution in [0.15, 0.2) is 36.8 Å². The van der Waals surface area contributed by atoms with Crippen molar-refractivity contribution < 1.29 is 13.9 Å². The Morgan fingerprint density at radius 3 is 3.24 bits per heavy atom. The van der Waals surface area contributed by atoms with Gasteiger partial charge >= 0.3 is 0 Å². The van der Waals surface area contributed by atoms with Crippen LogP contribution in [0.1, 0.15) is 18.4 Å². The summed E-state index contributed by atoms with van der Waals surface area (Å²) in [5, 5.41) is 7.97. The molecule has 6 nitrogen and oxygen atoms in total. The fraction of sp³-hybridized carbons (Fsp3) is 0.333. The molecule has 0 unspecified atom stereocenters. The predicted molar refractivity (Wildman–Crippen MR) is 91.8 cm³/mol. The Morgan fingerprint density at radius 2 is 2.40 bits per heavy atom. The largest absolute Gasteiger partial charge is 0.376 e. The first-order valence-corrected chi connectivity index (χ1v) is 8.37. The lowest BCUT2D eigenvalue weighted by Crippen LogP contribution is -2.15. The number of H-pyrrole nitrogens is 1. The molecular weight excluding hydrogens is 323 g/mol. The molecule has 2 aromatic heterocycles. The van der Waals surface area contributed by atoms with Gasteiger partial charge in [-0.1, -0.05) is 0 Å². The number of carbonyl (C=O) groups is 1. The molecule has 1 saturated heterocycles. The molecule has 1 amide bonds. The van der Waals surface area contributed by atoms with Crippen LogP contribution in [0.4, 0.5) is 10.1 Å². The number of carbonyl (C=O) groups excluding carboxylic acids is 1. The van der Waals surface area contributed by atoms with E-state index in [0.717, 1.165) is 30.4 Å². The quantitative estimate of drug-likeness (QED) is 0.749. The Balaban J connectivity index is 1.39. The molecule has 0 spiro atoms. The summed E-state index contributed by atoms with van der Waals surface area (Å²) in [7, 11) is 0. The molecule has 0 aliphatic carbocycles. The molecule has 3 heterocycles. The number of anilines is 1. The van der Waals surface area contributed by atoms with E-state index in [2.05, 4.69) is 15.4 Å². The molecule has 0 saturated carbocycles. The van der Waals surface area contributed by atoms with Crippen molar-refractivity contribution in [3.8, 4) is 0 Å². The van der Waals surface area contributed by atoms with Gasteiger partial charge in [0, 0.05) is 29.9 Å². The van der Waals surface area contributed by atoms with Gasteiger partial charge in [-0.25, -0.2) is 4.39 Å². The van der Waals surface area contributed by atoms with Crippen molar-refractivity contribution in [2.75, 3.05) is 11.9 Å². The number of halogens is 1. The summed E-state index contributed by atoms with van der Waals surface area (Å²) < 4.78 is 20.6. The molecular formula is C18H19FN4O2. The van der Waals surface area contributed by atoms with Gasteiger partial charge < -0.3 is 15.0 Å². The van der Waals surface area contributed by atoms with Crippen LogP contribution < -0.4 is 5.32 Å². The molecule has 7 heteroatoms. The van der Waals surface area contributed by atoms with Gasteiger partial charge in [0.1, 0.15) is 5.82 Å². The number of aromatic amines is 1. The lowest BCUT2D eigenvalue weighted by molar-refractivity contribution is -0.115. The minimum absolute atomic E-state index is 0.137. The molecule has 0 radical (unpaired) electrons. The maximum Gasteiger partial charge on any atom is 0.228 e. The van der Waals surface area contributed by atoms with Crippen LogP contribution in [0.5, 0.6) is 0 Å². The van der Waals surface area contributed by atoms with E-state index in [1.807, 2.05) is 6.20 Å². The van der Waals surface area contributed by atoms with Crippen molar-refractivity contribution in [1.82, 2.24) is 14.8 Å². The number of hydrogen-bond donors (Lipinski definition) is 2. The van der Waals surface area contributed by atoms with Crippen LogP contribution >= 0.6 is 0 Å². The molecule has 1 fully saturated rings. The molecule has 0 bridgehead atoms. The highest BCUT2D eigenvalue weighted by atomic mass is 19.1. The van der Waals surface area contributed by atoms with Gasteiger partial charge in [0.2, 0.25) is 5.91 Å². The predicted octanol–water partition coefficient (Wildman–Crippen LogP) is 2.86. The number of benzene rings is 1. The Hall–Kier alpha value is -2.67. The van der Waals surface area contributed by atoms with Gasteiger partial charge in [-0.05, 0) is 36.6 Å². The van der Waals surface area contributed by atoms with Crippen LogP contribution in [0.3, 0.4) is 0 Å². The van der Waals surface area contributed by atoms with Gasteiger partial charge in [0.05, 0.1) is 31.0 Å². The third-order valence-electron chi connectivity index (χ3n) is 4.41. The van der Waals surface area contributed by atoms with Gasteiger partial charge in [0.25, 0.3) is 0 Å². The maximum absolute atomic E-state index is 13.2. The van der Waals surface area contributed by atoms with Crippen LogP contribution in [-0.4, -0.2) is 33.4 Å². The molecule has 1 aliphatic rings. The SMILES string of the molecule is O=C(Cc1c[nH]c2cc(F)ccc12)Nc1cnn(C[C@@H]2CCCO2)c1. The molecule has 1 aromatic carbocycles. The van der Waals surface area contributed by atoms with Crippen LogP contribution in [0, 0.1) is 5.82 Å². The fourth-order valence-electron chi connectivity index (χ4n) is 3.21. The summed E-state index contributed by atoms with van der Waals surface area (Å²) >= 11 is 0. The number of aromatic nitrogens is 3. The summed E-state index contributed by atoms with van der Waals surface area (Å²) in [5.41, 5.74) is 2.18. The summed E-state index contributed by atoms with van der Waals surface area (Å²) in [5.74, 6) is -0.439. The average molecular weight is 342 g/mol. The zero-order valence-electron chi connectivity index (χ0n) is 13.7. The number of hydrogen-bond acceptors (Lipinski definition) is 3. The smallest absolute Gasteiger partial charge is 0.228 e.